The van der Waals surface area contributed by atoms with E-state index in [0.29, 0.717) is 39.3 Å². The van der Waals surface area contributed by atoms with Crippen molar-refractivity contribution in [3.05, 3.63) is 87.9 Å². The van der Waals surface area contributed by atoms with Gasteiger partial charge in [0.15, 0.2) is 5.75 Å². The standard InChI is InChI=1S/C21H17Cl2NO3/c1-26-21(25)16-9-5-6-10-19(16)24-15-11-17(22)20(18(23)12-15)27-13-14-7-3-2-4-8-14/h2-12,24H,13H2,1H3. The van der Waals surface area contributed by atoms with Crippen LogP contribution in [0.15, 0.2) is 66.7 Å². The first-order chi connectivity index (χ1) is 13.1. The lowest BCUT2D eigenvalue weighted by Gasteiger charge is -2.14. The maximum atomic E-state index is 11.9. The Kier molecular flexibility index (Phi) is 6.22. The zero-order chi connectivity index (χ0) is 19.2. The molecule has 0 aliphatic heterocycles. The maximum absolute atomic E-state index is 11.9. The number of anilines is 2. The van der Waals surface area contributed by atoms with Crippen LogP contribution in [0.3, 0.4) is 0 Å². The largest absolute Gasteiger partial charge is 0.486 e. The number of nitrogens with one attached hydrogen (secondary N) is 1. The highest BCUT2D eigenvalue weighted by Gasteiger charge is 2.14. The van der Waals surface area contributed by atoms with Crippen molar-refractivity contribution in [3.8, 4) is 5.75 Å². The van der Waals surface area contributed by atoms with E-state index in [4.69, 9.17) is 32.7 Å². The highest BCUT2D eigenvalue weighted by Crippen LogP contribution is 2.37. The molecule has 0 aliphatic carbocycles. The van der Waals surface area contributed by atoms with Gasteiger partial charge in [0.1, 0.15) is 6.61 Å². The summed E-state index contributed by atoms with van der Waals surface area (Å²) in [6, 6.07) is 20.2. The molecule has 0 bridgehead atoms. The molecule has 3 rings (SSSR count). The van der Waals surface area contributed by atoms with Crippen LogP contribution in [0.2, 0.25) is 10.0 Å². The monoisotopic (exact) mass is 401 g/mol. The minimum atomic E-state index is -0.432. The van der Waals surface area contributed by atoms with Gasteiger partial charge in [-0.2, -0.15) is 0 Å². The summed E-state index contributed by atoms with van der Waals surface area (Å²) >= 11 is 12.7. The predicted octanol–water partition coefficient (Wildman–Crippen LogP) is 6.10. The van der Waals surface area contributed by atoms with Crippen molar-refractivity contribution < 1.29 is 14.3 Å². The van der Waals surface area contributed by atoms with Crippen LogP contribution >= 0.6 is 23.2 Å². The quantitative estimate of drug-likeness (QED) is 0.506. The summed E-state index contributed by atoms with van der Waals surface area (Å²) in [7, 11) is 1.34. The van der Waals surface area contributed by atoms with Crippen LogP contribution in [0.5, 0.6) is 5.75 Å². The molecule has 0 heterocycles. The predicted molar refractivity (Wildman–Crippen MR) is 108 cm³/mol. The fourth-order valence-corrected chi connectivity index (χ4v) is 3.13. The second kappa shape index (κ2) is 8.80. The van der Waals surface area contributed by atoms with Gasteiger partial charge in [-0.3, -0.25) is 0 Å². The highest BCUT2D eigenvalue weighted by atomic mass is 35.5. The molecule has 0 saturated carbocycles. The first-order valence-corrected chi connectivity index (χ1v) is 8.94. The molecule has 3 aromatic rings. The van der Waals surface area contributed by atoms with Gasteiger partial charge in [0.05, 0.1) is 28.4 Å². The number of para-hydroxylation sites is 1. The summed E-state index contributed by atoms with van der Waals surface area (Å²) < 4.78 is 10.6. The van der Waals surface area contributed by atoms with Crippen molar-refractivity contribution in [2.45, 2.75) is 6.61 Å². The number of halogens is 2. The van der Waals surface area contributed by atoms with E-state index in [1.807, 2.05) is 36.4 Å². The summed E-state index contributed by atoms with van der Waals surface area (Å²) in [5, 5.41) is 3.89. The second-order valence-corrected chi connectivity index (χ2v) is 6.52. The van der Waals surface area contributed by atoms with Crippen molar-refractivity contribution in [3.63, 3.8) is 0 Å². The van der Waals surface area contributed by atoms with E-state index in [1.165, 1.54) is 7.11 Å². The number of rotatable bonds is 6. The molecule has 1 N–H and O–H groups in total. The second-order valence-electron chi connectivity index (χ2n) is 5.71. The first-order valence-electron chi connectivity index (χ1n) is 8.18. The number of ether oxygens (including phenoxy) is 2. The molecule has 0 aliphatic rings. The third-order valence-electron chi connectivity index (χ3n) is 3.84. The van der Waals surface area contributed by atoms with Crippen molar-refractivity contribution in [1.29, 1.82) is 0 Å². The Bertz CT molecular complexity index is 922. The van der Waals surface area contributed by atoms with Gasteiger partial charge in [0.2, 0.25) is 0 Å². The van der Waals surface area contributed by atoms with Crippen LogP contribution in [0.4, 0.5) is 11.4 Å². The van der Waals surface area contributed by atoms with Crippen molar-refractivity contribution in [1.82, 2.24) is 0 Å². The van der Waals surface area contributed by atoms with Gasteiger partial charge in [-0.25, -0.2) is 4.79 Å². The average Bonchev–Trinajstić information content (AvgIpc) is 2.68. The topological polar surface area (TPSA) is 47.6 Å². The summed E-state index contributed by atoms with van der Waals surface area (Å²) in [5.41, 5.74) is 2.65. The lowest BCUT2D eigenvalue weighted by molar-refractivity contribution is 0.0602. The molecule has 0 saturated heterocycles. The van der Waals surface area contributed by atoms with Gasteiger partial charge in [0.25, 0.3) is 0 Å². The van der Waals surface area contributed by atoms with E-state index in [2.05, 4.69) is 5.32 Å². The normalized spacial score (nSPS) is 10.3. The minimum absolute atomic E-state index is 0.359. The molecule has 138 valence electrons. The van der Waals surface area contributed by atoms with Crippen molar-refractivity contribution in [2.24, 2.45) is 0 Å². The smallest absolute Gasteiger partial charge is 0.339 e. The Balaban J connectivity index is 1.80. The Morgan fingerprint density at radius 1 is 0.963 bits per heavy atom. The summed E-state index contributed by atoms with van der Waals surface area (Å²) in [6.07, 6.45) is 0. The third kappa shape index (κ3) is 4.73. The summed E-state index contributed by atoms with van der Waals surface area (Å²) in [6.45, 7) is 0.359. The zero-order valence-electron chi connectivity index (χ0n) is 14.5. The SMILES string of the molecule is COC(=O)c1ccccc1Nc1cc(Cl)c(OCc2ccccc2)c(Cl)c1. The van der Waals surface area contributed by atoms with E-state index in [-0.39, 0.29) is 0 Å². The Morgan fingerprint density at radius 3 is 2.26 bits per heavy atom. The third-order valence-corrected chi connectivity index (χ3v) is 4.40. The average molecular weight is 402 g/mol. The molecule has 27 heavy (non-hydrogen) atoms. The van der Waals surface area contributed by atoms with Gasteiger partial charge in [-0.1, -0.05) is 65.7 Å². The minimum Gasteiger partial charge on any atom is -0.486 e. The highest BCUT2D eigenvalue weighted by molar-refractivity contribution is 6.37. The molecule has 0 atom stereocenters. The number of hydrogen-bond acceptors (Lipinski definition) is 4. The van der Waals surface area contributed by atoms with E-state index in [9.17, 15) is 4.79 Å². The molecule has 4 nitrogen and oxygen atoms in total. The number of carbonyl (C=O) groups is 1. The molecule has 3 aromatic carbocycles. The van der Waals surface area contributed by atoms with Crippen LogP contribution < -0.4 is 10.1 Å². The van der Waals surface area contributed by atoms with Crippen LogP contribution in [-0.2, 0) is 11.3 Å². The number of carbonyl (C=O) groups excluding carboxylic acids is 1. The Hall–Kier alpha value is -2.69. The summed E-state index contributed by atoms with van der Waals surface area (Å²) in [4.78, 5) is 11.9. The zero-order valence-corrected chi connectivity index (χ0v) is 16.1. The maximum Gasteiger partial charge on any atom is 0.339 e. The van der Waals surface area contributed by atoms with E-state index in [0.717, 1.165) is 5.56 Å². The fraction of sp³-hybridized carbons (Fsp3) is 0.0952. The summed E-state index contributed by atoms with van der Waals surface area (Å²) in [5.74, 6) is -0.0212. The molecule has 0 radical (unpaired) electrons. The molecular weight excluding hydrogens is 385 g/mol. The molecule has 0 amide bonds. The number of esters is 1. The van der Waals surface area contributed by atoms with E-state index < -0.39 is 5.97 Å². The van der Waals surface area contributed by atoms with Crippen LogP contribution in [0, 0.1) is 0 Å². The van der Waals surface area contributed by atoms with Gasteiger partial charge >= 0.3 is 5.97 Å². The van der Waals surface area contributed by atoms with Crippen LogP contribution in [0.1, 0.15) is 15.9 Å². The van der Waals surface area contributed by atoms with E-state index >= 15 is 0 Å². The first kappa shape index (κ1) is 19.1. The van der Waals surface area contributed by atoms with Gasteiger partial charge in [-0.05, 0) is 29.8 Å². The van der Waals surface area contributed by atoms with Crippen molar-refractivity contribution >= 4 is 40.5 Å². The van der Waals surface area contributed by atoms with Crippen LogP contribution in [-0.4, -0.2) is 13.1 Å². The van der Waals surface area contributed by atoms with Crippen molar-refractivity contribution in [2.75, 3.05) is 12.4 Å². The molecule has 0 spiro atoms. The van der Waals surface area contributed by atoms with E-state index in [1.54, 1.807) is 30.3 Å². The van der Waals surface area contributed by atoms with Gasteiger partial charge in [0, 0.05) is 5.69 Å². The number of methoxy groups -OCH3 is 1. The molecule has 0 fully saturated rings. The molecule has 0 unspecified atom stereocenters. The Labute approximate surface area is 167 Å². The molecular formula is C21H17Cl2NO3. The molecule has 6 heteroatoms. The van der Waals surface area contributed by atoms with Crippen LogP contribution in [0.25, 0.3) is 0 Å². The lowest BCUT2D eigenvalue weighted by Crippen LogP contribution is -2.05. The van der Waals surface area contributed by atoms with Gasteiger partial charge < -0.3 is 14.8 Å². The lowest BCUT2D eigenvalue weighted by atomic mass is 10.1. The molecule has 0 aromatic heterocycles. The van der Waals surface area contributed by atoms with Gasteiger partial charge in [-0.15, -0.1) is 0 Å². The fourth-order valence-electron chi connectivity index (χ4n) is 2.54. The number of hydrogen-bond donors (Lipinski definition) is 1. The Morgan fingerprint density at radius 2 is 1.59 bits per heavy atom. The number of benzene rings is 3.